The SMILES string of the molecule is Cc1ccc(O)c(C(=O)N(CCCN)C(C)C)c1. The molecule has 1 aromatic rings. The number of amides is 1. The van der Waals surface area contributed by atoms with E-state index in [1.165, 1.54) is 0 Å². The molecule has 100 valence electrons. The molecule has 0 radical (unpaired) electrons. The molecular formula is C14H22N2O2. The van der Waals surface area contributed by atoms with Crippen LogP contribution in [0.1, 0.15) is 36.2 Å². The summed E-state index contributed by atoms with van der Waals surface area (Å²) in [5.41, 5.74) is 6.80. The molecule has 0 aliphatic rings. The molecule has 4 heteroatoms. The Bertz CT molecular complexity index is 416. The normalized spacial score (nSPS) is 10.7. The molecule has 1 aromatic carbocycles. The first kappa shape index (κ1) is 14.5. The maximum Gasteiger partial charge on any atom is 0.257 e. The number of rotatable bonds is 5. The van der Waals surface area contributed by atoms with Crippen molar-refractivity contribution in [3.05, 3.63) is 29.3 Å². The van der Waals surface area contributed by atoms with Gasteiger partial charge in [0.2, 0.25) is 0 Å². The predicted molar refractivity (Wildman–Crippen MR) is 72.7 cm³/mol. The average molecular weight is 250 g/mol. The molecule has 0 atom stereocenters. The Balaban J connectivity index is 2.98. The Morgan fingerprint density at radius 2 is 2.11 bits per heavy atom. The van der Waals surface area contributed by atoms with Crippen molar-refractivity contribution in [3.63, 3.8) is 0 Å². The number of nitrogens with two attached hydrogens (primary N) is 1. The van der Waals surface area contributed by atoms with Crippen LogP contribution >= 0.6 is 0 Å². The van der Waals surface area contributed by atoms with Gasteiger partial charge in [0.05, 0.1) is 5.56 Å². The summed E-state index contributed by atoms with van der Waals surface area (Å²) in [7, 11) is 0. The van der Waals surface area contributed by atoms with E-state index in [0.29, 0.717) is 18.7 Å². The monoisotopic (exact) mass is 250 g/mol. The molecule has 0 bridgehead atoms. The quantitative estimate of drug-likeness (QED) is 0.838. The fraction of sp³-hybridized carbons (Fsp3) is 0.500. The van der Waals surface area contributed by atoms with Crippen molar-refractivity contribution in [2.24, 2.45) is 5.73 Å². The van der Waals surface area contributed by atoms with E-state index in [1.54, 1.807) is 23.1 Å². The molecule has 3 N–H and O–H groups in total. The maximum atomic E-state index is 12.4. The summed E-state index contributed by atoms with van der Waals surface area (Å²) in [5.74, 6) is -0.108. The van der Waals surface area contributed by atoms with Crippen molar-refractivity contribution in [3.8, 4) is 5.75 Å². The number of benzene rings is 1. The van der Waals surface area contributed by atoms with E-state index in [9.17, 15) is 9.90 Å². The standard InChI is InChI=1S/C14H22N2O2/c1-10(2)16(8-4-7-15)14(18)12-9-11(3)5-6-13(12)17/h5-6,9-10,17H,4,7-8,15H2,1-3H3. The fourth-order valence-corrected chi connectivity index (χ4v) is 1.83. The van der Waals surface area contributed by atoms with Crippen LogP contribution in [-0.2, 0) is 0 Å². The third-order valence-electron chi connectivity index (χ3n) is 2.87. The smallest absolute Gasteiger partial charge is 0.257 e. The van der Waals surface area contributed by atoms with E-state index in [1.807, 2.05) is 20.8 Å². The largest absolute Gasteiger partial charge is 0.507 e. The molecule has 0 saturated heterocycles. The van der Waals surface area contributed by atoms with Gasteiger partial charge in [-0.2, -0.15) is 0 Å². The topological polar surface area (TPSA) is 66.6 Å². The zero-order chi connectivity index (χ0) is 13.7. The number of phenolic OH excluding ortho intramolecular Hbond substituents is 1. The summed E-state index contributed by atoms with van der Waals surface area (Å²) in [5, 5.41) is 9.79. The number of carbonyl (C=O) groups excluding carboxylic acids is 1. The minimum absolute atomic E-state index is 0.0315. The maximum absolute atomic E-state index is 12.4. The van der Waals surface area contributed by atoms with Crippen molar-refractivity contribution in [1.29, 1.82) is 0 Å². The minimum Gasteiger partial charge on any atom is -0.507 e. The van der Waals surface area contributed by atoms with Crippen molar-refractivity contribution < 1.29 is 9.90 Å². The van der Waals surface area contributed by atoms with Gasteiger partial charge in [-0.25, -0.2) is 0 Å². The Morgan fingerprint density at radius 1 is 1.44 bits per heavy atom. The van der Waals surface area contributed by atoms with Gasteiger partial charge in [0.15, 0.2) is 0 Å². The number of nitrogens with zero attached hydrogens (tertiary/aromatic N) is 1. The van der Waals surface area contributed by atoms with E-state index >= 15 is 0 Å². The van der Waals surface area contributed by atoms with Gasteiger partial charge in [-0.1, -0.05) is 11.6 Å². The molecule has 0 aliphatic heterocycles. The van der Waals surface area contributed by atoms with Crippen molar-refractivity contribution >= 4 is 5.91 Å². The molecule has 0 aromatic heterocycles. The molecule has 0 aliphatic carbocycles. The van der Waals surface area contributed by atoms with Crippen LogP contribution in [0.5, 0.6) is 5.75 Å². The zero-order valence-corrected chi connectivity index (χ0v) is 11.3. The molecule has 0 saturated carbocycles. The molecule has 1 amide bonds. The Labute approximate surface area is 108 Å². The number of hydrogen-bond donors (Lipinski definition) is 2. The van der Waals surface area contributed by atoms with E-state index in [4.69, 9.17) is 5.73 Å². The van der Waals surface area contributed by atoms with Gasteiger partial charge < -0.3 is 15.7 Å². The highest BCUT2D eigenvalue weighted by Crippen LogP contribution is 2.21. The lowest BCUT2D eigenvalue weighted by Crippen LogP contribution is -2.38. The zero-order valence-electron chi connectivity index (χ0n) is 11.3. The van der Waals surface area contributed by atoms with Crippen LogP contribution in [0.4, 0.5) is 0 Å². The fourth-order valence-electron chi connectivity index (χ4n) is 1.83. The van der Waals surface area contributed by atoms with Crippen molar-refractivity contribution in [2.75, 3.05) is 13.1 Å². The van der Waals surface area contributed by atoms with Crippen LogP contribution in [0.2, 0.25) is 0 Å². The molecule has 0 spiro atoms. The van der Waals surface area contributed by atoms with E-state index < -0.39 is 0 Å². The summed E-state index contributed by atoms with van der Waals surface area (Å²) >= 11 is 0. The Hall–Kier alpha value is -1.55. The van der Waals surface area contributed by atoms with Gasteiger partial charge in [0.1, 0.15) is 5.75 Å². The van der Waals surface area contributed by atoms with E-state index in [2.05, 4.69) is 0 Å². The number of aryl methyl sites for hydroxylation is 1. The van der Waals surface area contributed by atoms with Crippen LogP contribution in [0, 0.1) is 6.92 Å². The Morgan fingerprint density at radius 3 is 2.67 bits per heavy atom. The second kappa shape index (κ2) is 6.40. The molecule has 1 rings (SSSR count). The van der Waals surface area contributed by atoms with Gasteiger partial charge in [0.25, 0.3) is 5.91 Å². The van der Waals surface area contributed by atoms with Crippen LogP contribution in [0.25, 0.3) is 0 Å². The first-order valence-electron chi connectivity index (χ1n) is 6.28. The third-order valence-corrected chi connectivity index (χ3v) is 2.87. The summed E-state index contributed by atoms with van der Waals surface area (Å²) < 4.78 is 0. The summed E-state index contributed by atoms with van der Waals surface area (Å²) in [6.45, 7) is 6.98. The lowest BCUT2D eigenvalue weighted by atomic mass is 10.1. The van der Waals surface area contributed by atoms with Crippen LogP contribution < -0.4 is 5.73 Å². The number of phenols is 1. The lowest BCUT2D eigenvalue weighted by Gasteiger charge is -2.27. The van der Waals surface area contributed by atoms with Gasteiger partial charge in [0, 0.05) is 12.6 Å². The molecule has 0 fully saturated rings. The highest BCUT2D eigenvalue weighted by atomic mass is 16.3. The third kappa shape index (κ3) is 3.47. The number of hydrogen-bond acceptors (Lipinski definition) is 3. The van der Waals surface area contributed by atoms with Gasteiger partial charge in [-0.3, -0.25) is 4.79 Å². The lowest BCUT2D eigenvalue weighted by molar-refractivity contribution is 0.0701. The van der Waals surface area contributed by atoms with Crippen LogP contribution in [0.15, 0.2) is 18.2 Å². The predicted octanol–water partition coefficient (Wildman–Crippen LogP) is 1.90. The summed E-state index contributed by atoms with van der Waals surface area (Å²) in [4.78, 5) is 14.1. The first-order valence-corrected chi connectivity index (χ1v) is 6.28. The number of aromatic hydroxyl groups is 1. The van der Waals surface area contributed by atoms with Crippen molar-refractivity contribution in [2.45, 2.75) is 33.2 Å². The van der Waals surface area contributed by atoms with Gasteiger partial charge in [-0.05, 0) is 45.9 Å². The highest BCUT2D eigenvalue weighted by molar-refractivity contribution is 5.97. The van der Waals surface area contributed by atoms with E-state index in [-0.39, 0.29) is 17.7 Å². The average Bonchev–Trinajstić information content (AvgIpc) is 2.32. The Kier molecular flexibility index (Phi) is 5.16. The second-order valence-corrected chi connectivity index (χ2v) is 4.76. The van der Waals surface area contributed by atoms with Crippen molar-refractivity contribution in [1.82, 2.24) is 4.90 Å². The summed E-state index contributed by atoms with van der Waals surface area (Å²) in [6.07, 6.45) is 0.760. The van der Waals surface area contributed by atoms with E-state index in [0.717, 1.165) is 12.0 Å². The molecule has 0 heterocycles. The summed E-state index contributed by atoms with van der Waals surface area (Å²) in [6, 6.07) is 5.15. The molecule has 0 unspecified atom stereocenters. The van der Waals surface area contributed by atoms with Crippen LogP contribution in [-0.4, -0.2) is 35.0 Å². The molecule has 4 nitrogen and oxygen atoms in total. The van der Waals surface area contributed by atoms with Crippen LogP contribution in [0.3, 0.4) is 0 Å². The van der Waals surface area contributed by atoms with Gasteiger partial charge in [-0.15, -0.1) is 0 Å². The number of carbonyl (C=O) groups is 1. The first-order chi connectivity index (χ1) is 8.47. The van der Waals surface area contributed by atoms with Gasteiger partial charge >= 0.3 is 0 Å². The molecule has 18 heavy (non-hydrogen) atoms. The second-order valence-electron chi connectivity index (χ2n) is 4.76. The highest BCUT2D eigenvalue weighted by Gasteiger charge is 2.20. The minimum atomic E-state index is -0.139. The molecular weight excluding hydrogens is 228 g/mol.